The van der Waals surface area contributed by atoms with Gasteiger partial charge in [-0.3, -0.25) is 4.79 Å². The van der Waals surface area contributed by atoms with Gasteiger partial charge in [0, 0.05) is 13.0 Å². The van der Waals surface area contributed by atoms with Crippen molar-refractivity contribution in [2.45, 2.75) is 38.6 Å². The van der Waals surface area contributed by atoms with Crippen LogP contribution in [0.2, 0.25) is 0 Å². The molecule has 1 heterocycles. The molecule has 0 bridgehead atoms. The third kappa shape index (κ3) is 3.70. The Morgan fingerprint density at radius 1 is 1.62 bits per heavy atom. The molecule has 0 saturated carbocycles. The molecule has 90 valence electrons. The maximum atomic E-state index is 11.7. The fraction of sp³-hybridized carbons (Fsp3) is 0.583. The SMILES string of the molecule is CCCC(C)(N)C(=O)NCCc1ccco1. The average Bonchev–Trinajstić information content (AvgIpc) is 2.70. The van der Waals surface area contributed by atoms with Crippen molar-refractivity contribution in [2.24, 2.45) is 5.73 Å². The molecule has 0 aliphatic heterocycles. The van der Waals surface area contributed by atoms with Crippen LogP contribution in [-0.4, -0.2) is 18.0 Å². The van der Waals surface area contributed by atoms with Crippen molar-refractivity contribution >= 4 is 5.91 Å². The lowest BCUT2D eigenvalue weighted by atomic mass is 9.96. The Bertz CT molecular complexity index is 318. The molecule has 16 heavy (non-hydrogen) atoms. The highest BCUT2D eigenvalue weighted by Gasteiger charge is 2.26. The number of hydrogen-bond donors (Lipinski definition) is 2. The van der Waals surface area contributed by atoms with Crippen molar-refractivity contribution in [3.05, 3.63) is 24.2 Å². The fourth-order valence-corrected chi connectivity index (χ4v) is 1.59. The number of carbonyl (C=O) groups is 1. The van der Waals surface area contributed by atoms with E-state index >= 15 is 0 Å². The van der Waals surface area contributed by atoms with E-state index in [-0.39, 0.29) is 5.91 Å². The monoisotopic (exact) mass is 224 g/mol. The molecule has 1 unspecified atom stereocenters. The summed E-state index contributed by atoms with van der Waals surface area (Å²) in [5.74, 6) is 0.774. The molecule has 4 nitrogen and oxygen atoms in total. The number of hydrogen-bond acceptors (Lipinski definition) is 3. The van der Waals surface area contributed by atoms with E-state index < -0.39 is 5.54 Å². The number of rotatable bonds is 6. The first-order valence-corrected chi connectivity index (χ1v) is 5.66. The molecule has 0 aliphatic rings. The zero-order valence-electron chi connectivity index (χ0n) is 9.95. The van der Waals surface area contributed by atoms with Gasteiger partial charge in [-0.2, -0.15) is 0 Å². The van der Waals surface area contributed by atoms with E-state index in [9.17, 15) is 4.79 Å². The highest BCUT2D eigenvalue weighted by molar-refractivity contribution is 5.85. The number of furan rings is 1. The number of amides is 1. The molecule has 0 spiro atoms. The zero-order chi connectivity index (χ0) is 12.0. The maximum Gasteiger partial charge on any atom is 0.239 e. The van der Waals surface area contributed by atoms with Gasteiger partial charge in [-0.05, 0) is 25.5 Å². The highest BCUT2D eigenvalue weighted by Crippen LogP contribution is 2.08. The van der Waals surface area contributed by atoms with E-state index in [1.165, 1.54) is 0 Å². The van der Waals surface area contributed by atoms with Gasteiger partial charge in [0.1, 0.15) is 5.76 Å². The van der Waals surface area contributed by atoms with Crippen LogP contribution in [0.15, 0.2) is 22.8 Å². The third-order valence-corrected chi connectivity index (χ3v) is 2.53. The van der Waals surface area contributed by atoms with E-state index in [0.717, 1.165) is 12.2 Å². The quantitative estimate of drug-likeness (QED) is 0.768. The van der Waals surface area contributed by atoms with Crippen LogP contribution < -0.4 is 11.1 Å². The molecule has 0 saturated heterocycles. The summed E-state index contributed by atoms with van der Waals surface area (Å²) >= 11 is 0. The molecular formula is C12H20N2O2. The van der Waals surface area contributed by atoms with Crippen LogP contribution in [0.4, 0.5) is 0 Å². The second kappa shape index (κ2) is 5.70. The van der Waals surface area contributed by atoms with Crippen molar-refractivity contribution in [3.8, 4) is 0 Å². The summed E-state index contributed by atoms with van der Waals surface area (Å²) in [5, 5.41) is 2.82. The van der Waals surface area contributed by atoms with E-state index in [4.69, 9.17) is 10.2 Å². The Morgan fingerprint density at radius 2 is 2.38 bits per heavy atom. The lowest BCUT2D eigenvalue weighted by molar-refractivity contribution is -0.126. The van der Waals surface area contributed by atoms with Crippen LogP contribution in [-0.2, 0) is 11.2 Å². The Kier molecular flexibility index (Phi) is 4.55. The first-order valence-electron chi connectivity index (χ1n) is 5.66. The topological polar surface area (TPSA) is 68.3 Å². The van der Waals surface area contributed by atoms with Crippen molar-refractivity contribution in [2.75, 3.05) is 6.54 Å². The van der Waals surface area contributed by atoms with Gasteiger partial charge >= 0.3 is 0 Å². The van der Waals surface area contributed by atoms with Gasteiger partial charge in [0.05, 0.1) is 11.8 Å². The van der Waals surface area contributed by atoms with Crippen molar-refractivity contribution in [3.63, 3.8) is 0 Å². The first kappa shape index (κ1) is 12.8. The van der Waals surface area contributed by atoms with Gasteiger partial charge in [0.2, 0.25) is 5.91 Å². The normalized spacial score (nSPS) is 14.4. The van der Waals surface area contributed by atoms with Gasteiger partial charge in [0.15, 0.2) is 0 Å². The van der Waals surface area contributed by atoms with Gasteiger partial charge in [-0.15, -0.1) is 0 Å². The summed E-state index contributed by atoms with van der Waals surface area (Å²) in [5.41, 5.74) is 5.13. The molecule has 1 aromatic rings. The summed E-state index contributed by atoms with van der Waals surface area (Å²) < 4.78 is 5.17. The average molecular weight is 224 g/mol. The minimum absolute atomic E-state index is 0.0964. The van der Waals surface area contributed by atoms with Crippen molar-refractivity contribution in [1.29, 1.82) is 0 Å². The lowest BCUT2D eigenvalue weighted by Gasteiger charge is -2.22. The maximum absolute atomic E-state index is 11.7. The minimum Gasteiger partial charge on any atom is -0.469 e. The number of nitrogens with two attached hydrogens (primary N) is 1. The second-order valence-corrected chi connectivity index (χ2v) is 4.25. The zero-order valence-corrected chi connectivity index (χ0v) is 9.95. The summed E-state index contributed by atoms with van der Waals surface area (Å²) in [4.78, 5) is 11.7. The Labute approximate surface area is 96.2 Å². The minimum atomic E-state index is -0.766. The molecule has 3 N–H and O–H groups in total. The molecule has 4 heteroatoms. The molecule has 1 amide bonds. The van der Waals surface area contributed by atoms with Gasteiger partial charge in [0.25, 0.3) is 0 Å². The van der Waals surface area contributed by atoms with Crippen LogP contribution in [0, 0.1) is 0 Å². The molecular weight excluding hydrogens is 204 g/mol. The predicted octanol–water partition coefficient (Wildman–Crippen LogP) is 1.46. The fourth-order valence-electron chi connectivity index (χ4n) is 1.59. The van der Waals surface area contributed by atoms with Crippen LogP contribution in [0.5, 0.6) is 0 Å². The molecule has 1 atom stereocenters. The van der Waals surface area contributed by atoms with E-state index in [0.29, 0.717) is 19.4 Å². The summed E-state index contributed by atoms with van der Waals surface area (Å²) in [7, 11) is 0. The van der Waals surface area contributed by atoms with Crippen molar-refractivity contribution in [1.82, 2.24) is 5.32 Å². The van der Waals surface area contributed by atoms with Crippen LogP contribution in [0.1, 0.15) is 32.4 Å². The Balaban J connectivity index is 2.30. The standard InChI is InChI=1S/C12H20N2O2/c1-3-7-12(2,13)11(15)14-8-6-10-5-4-9-16-10/h4-5,9H,3,6-8,13H2,1-2H3,(H,14,15). The lowest BCUT2D eigenvalue weighted by Crippen LogP contribution is -2.51. The molecule has 1 rings (SSSR count). The van der Waals surface area contributed by atoms with Gasteiger partial charge in [-0.25, -0.2) is 0 Å². The van der Waals surface area contributed by atoms with Crippen LogP contribution >= 0.6 is 0 Å². The highest BCUT2D eigenvalue weighted by atomic mass is 16.3. The Hall–Kier alpha value is -1.29. The predicted molar refractivity (Wildman–Crippen MR) is 62.9 cm³/mol. The van der Waals surface area contributed by atoms with Crippen LogP contribution in [0.25, 0.3) is 0 Å². The number of carbonyl (C=O) groups excluding carboxylic acids is 1. The first-order chi connectivity index (χ1) is 7.56. The molecule has 0 aromatic carbocycles. The summed E-state index contributed by atoms with van der Waals surface area (Å²) in [6.07, 6.45) is 3.92. The van der Waals surface area contributed by atoms with E-state index in [1.807, 2.05) is 19.1 Å². The third-order valence-electron chi connectivity index (χ3n) is 2.53. The Morgan fingerprint density at radius 3 is 2.94 bits per heavy atom. The number of nitrogens with one attached hydrogen (secondary N) is 1. The smallest absolute Gasteiger partial charge is 0.239 e. The summed E-state index contributed by atoms with van der Waals surface area (Å²) in [6, 6.07) is 3.72. The molecule has 0 radical (unpaired) electrons. The summed E-state index contributed by atoms with van der Waals surface area (Å²) in [6.45, 7) is 4.34. The van der Waals surface area contributed by atoms with E-state index in [2.05, 4.69) is 5.32 Å². The molecule has 0 aliphatic carbocycles. The second-order valence-electron chi connectivity index (χ2n) is 4.25. The largest absolute Gasteiger partial charge is 0.469 e. The van der Waals surface area contributed by atoms with Crippen LogP contribution in [0.3, 0.4) is 0 Å². The van der Waals surface area contributed by atoms with E-state index in [1.54, 1.807) is 13.2 Å². The van der Waals surface area contributed by atoms with Crippen molar-refractivity contribution < 1.29 is 9.21 Å². The molecule has 0 fully saturated rings. The molecule has 1 aromatic heterocycles. The van der Waals surface area contributed by atoms with Gasteiger partial charge in [-0.1, -0.05) is 13.3 Å². The van der Waals surface area contributed by atoms with Gasteiger partial charge < -0.3 is 15.5 Å².